The van der Waals surface area contributed by atoms with Gasteiger partial charge < -0.3 is 28.6 Å². The van der Waals surface area contributed by atoms with E-state index in [-0.39, 0.29) is 49.1 Å². The van der Waals surface area contributed by atoms with Gasteiger partial charge in [0.15, 0.2) is 6.10 Å². The van der Waals surface area contributed by atoms with E-state index in [0.717, 1.165) is 77.0 Å². The van der Waals surface area contributed by atoms with Crippen molar-refractivity contribution >= 4 is 17.9 Å². The highest BCUT2D eigenvalue weighted by molar-refractivity contribution is 5.70. The number of aliphatic carboxylic acids is 1. The van der Waals surface area contributed by atoms with Crippen molar-refractivity contribution < 1.29 is 38.2 Å². The van der Waals surface area contributed by atoms with Gasteiger partial charge in [0.25, 0.3) is 0 Å². The molecule has 8 nitrogen and oxygen atoms in total. The highest BCUT2D eigenvalue weighted by Gasteiger charge is 2.25. The molecule has 360 valence electrons. The lowest BCUT2D eigenvalue weighted by Gasteiger charge is -2.34. The Morgan fingerprint density at radius 3 is 1.42 bits per heavy atom. The molecule has 2 atom stereocenters. The van der Waals surface area contributed by atoms with Crippen LogP contribution in [0.2, 0.25) is 0 Å². The first kappa shape index (κ1) is 59.7. The fraction of sp³-hybridized carbons (Fsp3) is 0.589. The van der Waals surface area contributed by atoms with Gasteiger partial charge in [0.2, 0.25) is 0 Å². The second kappa shape index (κ2) is 45.3. The fourth-order valence-corrected chi connectivity index (χ4v) is 6.50. The van der Waals surface area contributed by atoms with Gasteiger partial charge in [0.05, 0.1) is 40.3 Å². The summed E-state index contributed by atoms with van der Waals surface area (Å²) in [5, 5.41) is 11.7. The van der Waals surface area contributed by atoms with E-state index in [0.29, 0.717) is 12.8 Å². The molecule has 0 aliphatic rings. The maximum Gasteiger partial charge on any atom is 0.306 e. The minimum Gasteiger partial charge on any atom is -0.544 e. The Morgan fingerprint density at radius 2 is 0.906 bits per heavy atom. The Balaban J connectivity index is 4.36. The number of hydrogen-bond acceptors (Lipinski definition) is 7. The van der Waals surface area contributed by atoms with Crippen molar-refractivity contribution in [3.63, 3.8) is 0 Å². The Hall–Kier alpha value is -4.27. The molecule has 0 bridgehead atoms. The number of carboxylic acids is 1. The van der Waals surface area contributed by atoms with Gasteiger partial charge in [-0.1, -0.05) is 193 Å². The number of carboxylic acid groups (broad SMARTS) is 1. The molecule has 0 aromatic heterocycles. The number of carbonyl (C=O) groups excluding carboxylic acids is 3. The normalized spacial score (nSPS) is 14.0. The standard InChI is InChI=1S/C56H89NO7/c1-6-8-10-12-14-16-18-20-22-24-25-26-27-28-29-31-33-35-37-39-41-43-45-47-55(59)64-52(50-62-49-48-53(56(60)61)57(3,4)5)51-63-54(58)46-44-42-40-38-36-34-32-30-23-21-19-17-15-13-11-9-7-2/h8-11,13-17,19-23,25-26,30,32,34,36,52-53H,6-7,12,18,24,27-29,31,33,35,37-51H2,1-5H3/b10-8+,11-9+,15-13+,16-14+,19-17+,22-20+,23-21+,26-25+,32-30+,36-34+. The van der Waals surface area contributed by atoms with Gasteiger partial charge >= 0.3 is 11.9 Å². The number of likely N-dealkylation sites (N-methyl/N-ethyl adjacent to an activating group) is 1. The molecule has 2 unspecified atom stereocenters. The van der Waals surface area contributed by atoms with Gasteiger partial charge in [-0.3, -0.25) is 9.59 Å². The average molecular weight is 888 g/mol. The first-order valence-corrected chi connectivity index (χ1v) is 24.6. The van der Waals surface area contributed by atoms with Crippen LogP contribution in [-0.2, 0) is 28.6 Å². The number of hydrogen-bond donors (Lipinski definition) is 0. The smallest absolute Gasteiger partial charge is 0.306 e. The van der Waals surface area contributed by atoms with E-state index < -0.39 is 18.1 Å². The van der Waals surface area contributed by atoms with Crippen LogP contribution in [0.15, 0.2) is 122 Å². The zero-order valence-electron chi connectivity index (χ0n) is 40.9. The molecule has 64 heavy (non-hydrogen) atoms. The molecule has 0 amide bonds. The molecule has 0 spiro atoms. The fourth-order valence-electron chi connectivity index (χ4n) is 6.50. The number of allylic oxidation sites excluding steroid dienone is 20. The van der Waals surface area contributed by atoms with Gasteiger partial charge in [-0.2, -0.15) is 0 Å². The van der Waals surface area contributed by atoms with Gasteiger partial charge in [-0.25, -0.2) is 0 Å². The topological polar surface area (TPSA) is 102 Å². The second-order valence-electron chi connectivity index (χ2n) is 17.1. The monoisotopic (exact) mass is 888 g/mol. The van der Waals surface area contributed by atoms with Crippen molar-refractivity contribution in [1.82, 2.24) is 0 Å². The summed E-state index contributed by atoms with van der Waals surface area (Å²) >= 11 is 0. The van der Waals surface area contributed by atoms with Crippen LogP contribution >= 0.6 is 0 Å². The van der Waals surface area contributed by atoms with E-state index in [2.05, 4.69) is 74.6 Å². The molecule has 0 rings (SSSR count). The maximum absolute atomic E-state index is 12.8. The van der Waals surface area contributed by atoms with Crippen LogP contribution in [0.4, 0.5) is 0 Å². The van der Waals surface area contributed by atoms with Crippen LogP contribution in [0.25, 0.3) is 0 Å². The van der Waals surface area contributed by atoms with Crippen LogP contribution < -0.4 is 5.11 Å². The summed E-state index contributed by atoms with van der Waals surface area (Å²) in [5.41, 5.74) is 0. The molecule has 0 saturated carbocycles. The van der Waals surface area contributed by atoms with Crippen LogP contribution in [0.5, 0.6) is 0 Å². The molecule has 0 aliphatic carbocycles. The van der Waals surface area contributed by atoms with Gasteiger partial charge in [0, 0.05) is 19.3 Å². The Kier molecular flexibility index (Phi) is 42.3. The molecule has 8 heteroatoms. The Bertz CT molecular complexity index is 1450. The summed E-state index contributed by atoms with van der Waals surface area (Å²) < 4.78 is 17.2. The largest absolute Gasteiger partial charge is 0.544 e. The third-order valence-corrected chi connectivity index (χ3v) is 10.3. The first-order valence-electron chi connectivity index (χ1n) is 24.6. The zero-order chi connectivity index (χ0) is 47.0. The van der Waals surface area contributed by atoms with E-state index in [1.807, 2.05) is 60.8 Å². The highest BCUT2D eigenvalue weighted by atomic mass is 16.6. The van der Waals surface area contributed by atoms with E-state index in [4.69, 9.17) is 14.2 Å². The van der Waals surface area contributed by atoms with Gasteiger partial charge in [0.1, 0.15) is 12.6 Å². The summed E-state index contributed by atoms with van der Waals surface area (Å²) in [6.45, 7) is 4.34. The van der Waals surface area contributed by atoms with E-state index >= 15 is 0 Å². The number of esters is 2. The molecule has 0 aliphatic heterocycles. The Morgan fingerprint density at radius 1 is 0.484 bits per heavy atom. The zero-order valence-corrected chi connectivity index (χ0v) is 40.9. The third-order valence-electron chi connectivity index (χ3n) is 10.3. The maximum atomic E-state index is 12.8. The summed E-state index contributed by atoms with van der Waals surface area (Å²) in [6, 6.07) is -0.742. The quantitative estimate of drug-likeness (QED) is 0.0198. The Labute approximate surface area is 391 Å². The second-order valence-corrected chi connectivity index (χ2v) is 17.1. The first-order chi connectivity index (χ1) is 31.1. The van der Waals surface area contributed by atoms with Crippen molar-refractivity contribution in [3.05, 3.63) is 122 Å². The van der Waals surface area contributed by atoms with Crippen molar-refractivity contribution in [2.75, 3.05) is 41.0 Å². The molecule has 0 saturated heterocycles. The summed E-state index contributed by atoms with van der Waals surface area (Å²) in [7, 11) is 5.38. The molecule has 0 aromatic rings. The number of nitrogens with zero attached hydrogens (tertiary/aromatic N) is 1. The third kappa shape index (κ3) is 43.0. The average Bonchev–Trinajstić information content (AvgIpc) is 3.26. The lowest BCUT2D eigenvalue weighted by Crippen LogP contribution is -2.55. The molecule has 0 N–H and O–H groups in total. The number of carbonyl (C=O) groups is 3. The van der Waals surface area contributed by atoms with Crippen LogP contribution in [0.3, 0.4) is 0 Å². The van der Waals surface area contributed by atoms with E-state index in [9.17, 15) is 19.5 Å². The van der Waals surface area contributed by atoms with E-state index in [1.54, 1.807) is 21.1 Å². The minimum absolute atomic E-state index is 0.0158. The number of quaternary nitrogens is 1. The summed E-state index contributed by atoms with van der Waals surface area (Å²) in [5.74, 6) is -1.81. The number of rotatable bonds is 42. The van der Waals surface area contributed by atoms with Gasteiger partial charge in [-0.05, 0) is 70.6 Å². The van der Waals surface area contributed by atoms with Crippen molar-refractivity contribution in [2.45, 2.75) is 174 Å². The van der Waals surface area contributed by atoms with Gasteiger partial charge in [-0.15, -0.1) is 0 Å². The predicted molar refractivity (Wildman–Crippen MR) is 267 cm³/mol. The van der Waals surface area contributed by atoms with Crippen molar-refractivity contribution in [2.24, 2.45) is 0 Å². The molecule has 0 fully saturated rings. The van der Waals surface area contributed by atoms with Crippen molar-refractivity contribution in [3.8, 4) is 0 Å². The van der Waals surface area contributed by atoms with Crippen molar-refractivity contribution in [1.29, 1.82) is 0 Å². The highest BCUT2D eigenvalue weighted by Crippen LogP contribution is 2.14. The van der Waals surface area contributed by atoms with E-state index in [1.165, 1.54) is 44.9 Å². The molecule has 0 radical (unpaired) electrons. The molecule has 0 aromatic carbocycles. The number of unbranched alkanes of at least 4 members (excludes halogenated alkanes) is 13. The number of ether oxygens (including phenoxy) is 3. The lowest BCUT2D eigenvalue weighted by atomic mass is 10.0. The van der Waals surface area contributed by atoms with Crippen LogP contribution in [0.1, 0.15) is 162 Å². The van der Waals surface area contributed by atoms with Crippen LogP contribution in [0, 0.1) is 0 Å². The summed E-state index contributed by atoms with van der Waals surface area (Å²) in [6.07, 6.45) is 63.7. The SMILES string of the molecule is CC/C=C/C=C/C=C/C=C/C=C/C=C/CCCCCC(=O)OCC(COCCC(C(=O)[O-])[N+](C)(C)C)OC(=O)CCCCCCCCCCCC/C=C/C/C=C/C/C=C/C/C=C/CC. The lowest BCUT2D eigenvalue weighted by molar-refractivity contribution is -0.889. The van der Waals surface area contributed by atoms with Crippen LogP contribution in [-0.4, -0.2) is 75.5 Å². The minimum atomic E-state index is -1.14. The molecular formula is C56H89NO7. The molecule has 0 heterocycles. The predicted octanol–water partition coefficient (Wildman–Crippen LogP) is 12.9. The summed E-state index contributed by atoms with van der Waals surface area (Å²) in [4.78, 5) is 37.0. The molecular weight excluding hydrogens is 799 g/mol.